The summed E-state index contributed by atoms with van der Waals surface area (Å²) in [7, 11) is 0. The Balaban J connectivity index is 1.65. The molecule has 5 heteroatoms. The zero-order valence-corrected chi connectivity index (χ0v) is 8.85. The normalized spacial score (nSPS) is 32.0. The van der Waals surface area contributed by atoms with Crippen molar-refractivity contribution in [3.05, 3.63) is 0 Å². The maximum absolute atomic E-state index is 12.9. The first-order valence-corrected chi connectivity index (χ1v) is 5.58. The number of nitrogens with one attached hydrogen (secondary N) is 1. The molecule has 0 amide bonds. The number of morpholine rings is 1. The Morgan fingerprint density at radius 2 is 2.33 bits per heavy atom. The molecular formula is C10H18F2N2O. The zero-order valence-electron chi connectivity index (χ0n) is 8.85. The smallest absolute Gasteiger partial charge is 0.261 e. The van der Waals surface area contributed by atoms with Crippen LogP contribution in [0.25, 0.3) is 0 Å². The highest BCUT2D eigenvalue weighted by atomic mass is 19.3. The number of nitrogens with zero attached hydrogens (tertiary/aromatic N) is 1. The van der Waals surface area contributed by atoms with E-state index in [1.807, 2.05) is 4.90 Å². The SMILES string of the molecule is FC1(F)CCN(CCC2CNCCO2)C1. The highest BCUT2D eigenvalue weighted by Crippen LogP contribution is 2.26. The van der Waals surface area contributed by atoms with Crippen LogP contribution in [0, 0.1) is 0 Å². The Kier molecular flexibility index (Phi) is 3.53. The van der Waals surface area contributed by atoms with Crippen LogP contribution >= 0.6 is 0 Å². The molecule has 2 rings (SSSR count). The lowest BCUT2D eigenvalue weighted by molar-refractivity contribution is 0.00246. The summed E-state index contributed by atoms with van der Waals surface area (Å²) in [5.41, 5.74) is 0. The van der Waals surface area contributed by atoms with Gasteiger partial charge in [0.05, 0.1) is 19.3 Å². The summed E-state index contributed by atoms with van der Waals surface area (Å²) in [4.78, 5) is 1.83. The van der Waals surface area contributed by atoms with Crippen LogP contribution in [0.4, 0.5) is 8.78 Å². The molecule has 88 valence electrons. The summed E-state index contributed by atoms with van der Waals surface area (Å²) in [6.07, 6.45) is 1.06. The third kappa shape index (κ3) is 3.36. The van der Waals surface area contributed by atoms with Crippen molar-refractivity contribution in [3.8, 4) is 0 Å². The van der Waals surface area contributed by atoms with Gasteiger partial charge in [-0.3, -0.25) is 4.90 Å². The molecule has 0 radical (unpaired) electrons. The van der Waals surface area contributed by atoms with Gasteiger partial charge in [0, 0.05) is 32.6 Å². The van der Waals surface area contributed by atoms with E-state index in [-0.39, 0.29) is 19.1 Å². The zero-order chi connectivity index (χ0) is 10.7. The molecule has 0 bridgehead atoms. The number of ether oxygens (including phenoxy) is 1. The van der Waals surface area contributed by atoms with Gasteiger partial charge < -0.3 is 10.1 Å². The van der Waals surface area contributed by atoms with E-state index in [2.05, 4.69) is 5.32 Å². The van der Waals surface area contributed by atoms with Gasteiger partial charge in [-0.25, -0.2) is 8.78 Å². The van der Waals surface area contributed by atoms with Crippen molar-refractivity contribution in [3.63, 3.8) is 0 Å². The highest BCUT2D eigenvalue weighted by Gasteiger charge is 2.37. The van der Waals surface area contributed by atoms with Crippen LogP contribution in [0.1, 0.15) is 12.8 Å². The quantitative estimate of drug-likeness (QED) is 0.758. The Morgan fingerprint density at radius 1 is 1.47 bits per heavy atom. The molecule has 0 aromatic carbocycles. The Hall–Kier alpha value is -0.260. The minimum absolute atomic E-state index is 0.0107. The summed E-state index contributed by atoms with van der Waals surface area (Å²) < 4.78 is 31.3. The van der Waals surface area contributed by atoms with Crippen molar-refractivity contribution in [1.82, 2.24) is 10.2 Å². The molecule has 15 heavy (non-hydrogen) atoms. The molecule has 0 aliphatic carbocycles. The van der Waals surface area contributed by atoms with E-state index < -0.39 is 5.92 Å². The first-order chi connectivity index (χ1) is 7.16. The van der Waals surface area contributed by atoms with Crippen molar-refractivity contribution in [2.24, 2.45) is 0 Å². The van der Waals surface area contributed by atoms with Crippen LogP contribution in [0.2, 0.25) is 0 Å². The Labute approximate surface area is 88.8 Å². The van der Waals surface area contributed by atoms with Crippen molar-refractivity contribution in [2.75, 3.05) is 39.3 Å². The molecule has 1 atom stereocenters. The monoisotopic (exact) mass is 220 g/mol. The lowest BCUT2D eigenvalue weighted by Crippen LogP contribution is -2.40. The van der Waals surface area contributed by atoms with E-state index >= 15 is 0 Å². The van der Waals surface area contributed by atoms with Crippen LogP contribution in [0.5, 0.6) is 0 Å². The minimum Gasteiger partial charge on any atom is -0.376 e. The van der Waals surface area contributed by atoms with Crippen molar-refractivity contribution >= 4 is 0 Å². The first kappa shape index (κ1) is 11.2. The predicted molar refractivity (Wildman–Crippen MR) is 53.2 cm³/mol. The fourth-order valence-corrected chi connectivity index (χ4v) is 2.13. The predicted octanol–water partition coefficient (Wildman–Crippen LogP) is 0.706. The van der Waals surface area contributed by atoms with E-state index in [9.17, 15) is 8.78 Å². The number of likely N-dealkylation sites (tertiary alicyclic amines) is 1. The topological polar surface area (TPSA) is 24.5 Å². The lowest BCUT2D eigenvalue weighted by Gasteiger charge is -2.25. The molecule has 2 saturated heterocycles. The number of hydrogen-bond donors (Lipinski definition) is 1. The average molecular weight is 220 g/mol. The first-order valence-electron chi connectivity index (χ1n) is 5.58. The second-order valence-corrected chi connectivity index (χ2v) is 4.37. The van der Waals surface area contributed by atoms with E-state index in [0.29, 0.717) is 6.54 Å². The van der Waals surface area contributed by atoms with E-state index in [1.54, 1.807) is 0 Å². The van der Waals surface area contributed by atoms with Crippen LogP contribution < -0.4 is 5.32 Å². The second kappa shape index (κ2) is 4.72. The molecule has 0 aromatic rings. The van der Waals surface area contributed by atoms with Gasteiger partial charge >= 0.3 is 0 Å². The van der Waals surface area contributed by atoms with E-state index in [1.165, 1.54) is 0 Å². The average Bonchev–Trinajstić information content (AvgIpc) is 2.57. The third-order valence-corrected chi connectivity index (χ3v) is 3.02. The molecule has 2 aliphatic rings. The molecule has 2 heterocycles. The number of rotatable bonds is 3. The summed E-state index contributed by atoms with van der Waals surface area (Å²) >= 11 is 0. The molecule has 0 spiro atoms. The van der Waals surface area contributed by atoms with E-state index in [0.717, 1.165) is 32.7 Å². The van der Waals surface area contributed by atoms with Crippen LogP contribution in [0.15, 0.2) is 0 Å². The molecular weight excluding hydrogens is 202 g/mol. The highest BCUT2D eigenvalue weighted by molar-refractivity contribution is 4.82. The fraction of sp³-hybridized carbons (Fsp3) is 1.00. The standard InChI is InChI=1S/C10H18F2N2O/c11-10(12)2-5-14(8-10)4-1-9-7-13-3-6-15-9/h9,13H,1-8H2. The Bertz CT molecular complexity index is 208. The van der Waals surface area contributed by atoms with Crippen molar-refractivity contribution in [2.45, 2.75) is 24.9 Å². The summed E-state index contributed by atoms with van der Waals surface area (Å²) in [5, 5.41) is 3.23. The fourth-order valence-electron chi connectivity index (χ4n) is 2.13. The van der Waals surface area contributed by atoms with Gasteiger partial charge in [0.2, 0.25) is 0 Å². The summed E-state index contributed by atoms with van der Waals surface area (Å²) in [6.45, 7) is 3.66. The van der Waals surface area contributed by atoms with Gasteiger partial charge in [-0.2, -0.15) is 0 Å². The van der Waals surface area contributed by atoms with Gasteiger partial charge in [0.1, 0.15) is 0 Å². The van der Waals surface area contributed by atoms with Gasteiger partial charge in [0.25, 0.3) is 5.92 Å². The molecule has 0 saturated carbocycles. The maximum atomic E-state index is 12.9. The number of hydrogen-bond acceptors (Lipinski definition) is 3. The number of halogens is 2. The van der Waals surface area contributed by atoms with Crippen LogP contribution in [-0.2, 0) is 4.74 Å². The number of alkyl halides is 2. The minimum atomic E-state index is -2.47. The summed E-state index contributed by atoms with van der Waals surface area (Å²) in [5.74, 6) is -2.47. The molecule has 2 aliphatic heterocycles. The third-order valence-electron chi connectivity index (χ3n) is 3.02. The van der Waals surface area contributed by atoms with Gasteiger partial charge in [-0.05, 0) is 6.42 Å². The molecule has 1 N–H and O–H groups in total. The van der Waals surface area contributed by atoms with Crippen molar-refractivity contribution in [1.29, 1.82) is 0 Å². The Morgan fingerprint density at radius 3 is 2.93 bits per heavy atom. The van der Waals surface area contributed by atoms with Gasteiger partial charge in [-0.15, -0.1) is 0 Å². The van der Waals surface area contributed by atoms with Gasteiger partial charge in [0.15, 0.2) is 0 Å². The summed E-state index contributed by atoms with van der Waals surface area (Å²) in [6, 6.07) is 0. The second-order valence-electron chi connectivity index (χ2n) is 4.37. The lowest BCUT2D eigenvalue weighted by atomic mass is 10.2. The van der Waals surface area contributed by atoms with E-state index in [4.69, 9.17) is 4.74 Å². The molecule has 3 nitrogen and oxygen atoms in total. The molecule has 0 aromatic heterocycles. The largest absolute Gasteiger partial charge is 0.376 e. The van der Waals surface area contributed by atoms with Crippen LogP contribution in [-0.4, -0.2) is 56.3 Å². The maximum Gasteiger partial charge on any atom is 0.261 e. The molecule has 1 unspecified atom stereocenters. The van der Waals surface area contributed by atoms with Gasteiger partial charge in [-0.1, -0.05) is 0 Å². The molecule has 2 fully saturated rings. The van der Waals surface area contributed by atoms with Crippen LogP contribution in [0.3, 0.4) is 0 Å². The van der Waals surface area contributed by atoms with Crippen molar-refractivity contribution < 1.29 is 13.5 Å².